The Morgan fingerprint density at radius 1 is 1.24 bits per heavy atom. The standard InChI is InChI=1S/C14H18IN3O2S/c1-10(2)16-8-13-7-14(9-17-13)21(19,20)18-12-5-3-11(15)4-6-12/h3-7,9-10,16-18H,8H2,1-2H3. The molecule has 1 aromatic carbocycles. The van der Waals surface area contributed by atoms with E-state index in [0.717, 1.165) is 9.26 Å². The van der Waals surface area contributed by atoms with E-state index in [-0.39, 0.29) is 4.90 Å². The fraction of sp³-hybridized carbons (Fsp3) is 0.286. The van der Waals surface area contributed by atoms with Crippen LogP contribution in [0.15, 0.2) is 41.4 Å². The zero-order valence-corrected chi connectivity index (χ0v) is 14.8. The second-order valence-electron chi connectivity index (χ2n) is 5.01. The summed E-state index contributed by atoms with van der Waals surface area (Å²) in [6.07, 6.45) is 1.51. The fourth-order valence-corrected chi connectivity index (χ4v) is 3.16. The van der Waals surface area contributed by atoms with Crippen molar-refractivity contribution >= 4 is 38.3 Å². The second-order valence-corrected chi connectivity index (χ2v) is 7.94. The van der Waals surface area contributed by atoms with Crippen LogP contribution in [-0.4, -0.2) is 19.4 Å². The van der Waals surface area contributed by atoms with E-state index in [9.17, 15) is 8.42 Å². The number of hydrogen-bond acceptors (Lipinski definition) is 3. The van der Waals surface area contributed by atoms with E-state index >= 15 is 0 Å². The summed E-state index contributed by atoms with van der Waals surface area (Å²) in [5.41, 5.74) is 1.39. The zero-order chi connectivity index (χ0) is 15.5. The van der Waals surface area contributed by atoms with Crippen molar-refractivity contribution in [3.63, 3.8) is 0 Å². The topological polar surface area (TPSA) is 74.0 Å². The van der Waals surface area contributed by atoms with E-state index in [4.69, 9.17) is 0 Å². The SMILES string of the molecule is CC(C)NCc1cc(S(=O)(=O)Nc2ccc(I)cc2)c[nH]1. The molecule has 0 aliphatic rings. The van der Waals surface area contributed by atoms with Crippen molar-refractivity contribution in [1.29, 1.82) is 0 Å². The van der Waals surface area contributed by atoms with E-state index in [1.165, 1.54) is 6.20 Å². The van der Waals surface area contributed by atoms with Gasteiger partial charge in [-0.05, 0) is 52.9 Å². The van der Waals surface area contributed by atoms with Crippen LogP contribution in [0, 0.1) is 3.57 Å². The number of hydrogen-bond donors (Lipinski definition) is 3. The van der Waals surface area contributed by atoms with Crippen LogP contribution in [0.1, 0.15) is 19.5 Å². The Labute approximate surface area is 138 Å². The van der Waals surface area contributed by atoms with Crippen molar-refractivity contribution < 1.29 is 8.42 Å². The molecule has 0 bridgehead atoms. The third-order valence-corrected chi connectivity index (χ3v) is 4.90. The minimum absolute atomic E-state index is 0.238. The van der Waals surface area contributed by atoms with Gasteiger partial charge >= 0.3 is 0 Å². The van der Waals surface area contributed by atoms with Gasteiger partial charge in [-0.15, -0.1) is 0 Å². The normalized spacial score (nSPS) is 11.8. The molecule has 3 N–H and O–H groups in total. The summed E-state index contributed by atoms with van der Waals surface area (Å²) in [5.74, 6) is 0. The summed E-state index contributed by atoms with van der Waals surface area (Å²) in [5, 5.41) is 3.24. The molecular weight excluding hydrogens is 401 g/mol. The number of rotatable bonds is 6. The van der Waals surface area contributed by atoms with Crippen LogP contribution in [0.5, 0.6) is 0 Å². The van der Waals surface area contributed by atoms with Gasteiger partial charge in [0.05, 0.1) is 0 Å². The molecule has 2 aromatic rings. The highest BCUT2D eigenvalue weighted by molar-refractivity contribution is 14.1. The third kappa shape index (κ3) is 4.72. The largest absolute Gasteiger partial charge is 0.363 e. The summed E-state index contributed by atoms with van der Waals surface area (Å²) in [4.78, 5) is 3.22. The Hall–Kier alpha value is -1.06. The molecule has 114 valence electrons. The lowest BCUT2D eigenvalue weighted by atomic mass is 10.3. The van der Waals surface area contributed by atoms with Crippen LogP contribution in [0.4, 0.5) is 5.69 Å². The molecule has 0 unspecified atom stereocenters. The highest BCUT2D eigenvalue weighted by Crippen LogP contribution is 2.18. The number of anilines is 1. The molecule has 0 aliphatic carbocycles. The first-order valence-corrected chi connectivity index (χ1v) is 9.12. The first-order chi connectivity index (χ1) is 9.87. The van der Waals surface area contributed by atoms with Crippen molar-refractivity contribution in [2.75, 3.05) is 4.72 Å². The summed E-state index contributed by atoms with van der Waals surface area (Å²) < 4.78 is 28.2. The van der Waals surface area contributed by atoms with Gasteiger partial charge in [0.25, 0.3) is 10.0 Å². The molecule has 0 amide bonds. The summed E-state index contributed by atoms with van der Waals surface area (Å²) in [6.45, 7) is 4.69. The maximum Gasteiger partial charge on any atom is 0.263 e. The van der Waals surface area contributed by atoms with E-state index in [1.54, 1.807) is 18.2 Å². The van der Waals surface area contributed by atoms with Crippen LogP contribution < -0.4 is 10.0 Å². The maximum atomic E-state index is 12.3. The van der Waals surface area contributed by atoms with Gasteiger partial charge < -0.3 is 10.3 Å². The molecule has 1 aromatic heterocycles. The van der Waals surface area contributed by atoms with Crippen molar-refractivity contribution in [3.05, 3.63) is 45.8 Å². The average Bonchev–Trinajstić information content (AvgIpc) is 2.88. The molecular formula is C14H18IN3O2S. The first-order valence-electron chi connectivity index (χ1n) is 6.56. The molecule has 21 heavy (non-hydrogen) atoms. The Balaban J connectivity index is 2.10. The second kappa shape index (κ2) is 6.80. The summed E-state index contributed by atoms with van der Waals surface area (Å²) >= 11 is 2.17. The van der Waals surface area contributed by atoms with E-state index < -0.39 is 10.0 Å². The lowest BCUT2D eigenvalue weighted by Gasteiger charge is -2.06. The Morgan fingerprint density at radius 2 is 1.90 bits per heavy atom. The third-order valence-electron chi connectivity index (χ3n) is 2.82. The molecule has 7 heteroatoms. The molecule has 1 heterocycles. The number of sulfonamides is 1. The number of benzene rings is 1. The monoisotopic (exact) mass is 419 g/mol. The van der Waals surface area contributed by atoms with Crippen molar-refractivity contribution in [2.45, 2.75) is 31.3 Å². The summed E-state index contributed by atoms with van der Waals surface area (Å²) in [6, 6.07) is 9.18. The van der Waals surface area contributed by atoms with Crippen molar-refractivity contribution in [2.24, 2.45) is 0 Å². The maximum absolute atomic E-state index is 12.3. The Kier molecular flexibility index (Phi) is 5.28. The molecule has 2 rings (SSSR count). The van der Waals surface area contributed by atoms with Gasteiger partial charge in [0.1, 0.15) is 4.90 Å². The van der Waals surface area contributed by atoms with Gasteiger partial charge in [-0.25, -0.2) is 8.42 Å². The van der Waals surface area contributed by atoms with Gasteiger partial charge in [0.15, 0.2) is 0 Å². The Morgan fingerprint density at radius 3 is 2.52 bits per heavy atom. The van der Waals surface area contributed by atoms with Gasteiger partial charge in [-0.2, -0.15) is 0 Å². The molecule has 0 saturated carbocycles. The fourth-order valence-electron chi connectivity index (χ4n) is 1.72. The predicted molar refractivity (Wildman–Crippen MR) is 92.7 cm³/mol. The molecule has 0 saturated heterocycles. The van der Waals surface area contributed by atoms with Crippen LogP contribution in [0.3, 0.4) is 0 Å². The molecule has 5 nitrogen and oxygen atoms in total. The van der Waals surface area contributed by atoms with Crippen LogP contribution in [-0.2, 0) is 16.6 Å². The van der Waals surface area contributed by atoms with Gasteiger partial charge in [0.2, 0.25) is 0 Å². The van der Waals surface area contributed by atoms with Gasteiger partial charge in [-0.1, -0.05) is 13.8 Å². The Bertz CT molecular complexity index is 693. The van der Waals surface area contributed by atoms with E-state index in [0.29, 0.717) is 18.3 Å². The van der Waals surface area contributed by atoms with E-state index in [1.807, 2.05) is 26.0 Å². The number of nitrogens with one attached hydrogen (secondary N) is 3. The molecule has 0 aliphatic heterocycles. The van der Waals surface area contributed by atoms with Gasteiger partial charge in [0, 0.05) is 33.7 Å². The average molecular weight is 419 g/mol. The minimum atomic E-state index is -3.56. The molecule has 0 fully saturated rings. The summed E-state index contributed by atoms with van der Waals surface area (Å²) in [7, 11) is -3.56. The van der Waals surface area contributed by atoms with Crippen LogP contribution >= 0.6 is 22.6 Å². The lowest BCUT2D eigenvalue weighted by molar-refractivity contribution is 0.582. The highest BCUT2D eigenvalue weighted by atomic mass is 127. The first kappa shape index (κ1) is 16.3. The van der Waals surface area contributed by atoms with E-state index in [2.05, 4.69) is 37.6 Å². The number of aromatic nitrogens is 1. The number of halogens is 1. The predicted octanol–water partition coefficient (Wildman–Crippen LogP) is 2.92. The quantitative estimate of drug-likeness (QED) is 0.631. The zero-order valence-electron chi connectivity index (χ0n) is 11.9. The molecule has 0 atom stereocenters. The van der Waals surface area contributed by atoms with Crippen molar-refractivity contribution in [1.82, 2.24) is 10.3 Å². The van der Waals surface area contributed by atoms with Crippen LogP contribution in [0.25, 0.3) is 0 Å². The molecule has 0 radical (unpaired) electrons. The minimum Gasteiger partial charge on any atom is -0.363 e. The lowest BCUT2D eigenvalue weighted by Crippen LogP contribution is -2.21. The number of aromatic amines is 1. The number of H-pyrrole nitrogens is 1. The smallest absolute Gasteiger partial charge is 0.263 e. The molecule has 0 spiro atoms. The highest BCUT2D eigenvalue weighted by Gasteiger charge is 2.16. The van der Waals surface area contributed by atoms with Crippen molar-refractivity contribution in [3.8, 4) is 0 Å². The van der Waals surface area contributed by atoms with Crippen LogP contribution in [0.2, 0.25) is 0 Å². The van der Waals surface area contributed by atoms with Gasteiger partial charge in [-0.3, -0.25) is 4.72 Å².